The number of hydrogen-bond acceptors (Lipinski definition) is 8. The number of nitrogens with one attached hydrogen (secondary N) is 4. The summed E-state index contributed by atoms with van der Waals surface area (Å²) in [6.45, 7) is 2.76. The fourth-order valence-corrected chi connectivity index (χ4v) is 9.26. The molecule has 6 N–H and O–H groups in total. The van der Waals surface area contributed by atoms with Gasteiger partial charge in [0, 0.05) is 31.8 Å². The van der Waals surface area contributed by atoms with E-state index in [2.05, 4.69) is 74.1 Å². The summed E-state index contributed by atoms with van der Waals surface area (Å²) in [4.78, 5) is 57.5. The van der Waals surface area contributed by atoms with E-state index in [0.717, 1.165) is 77.1 Å². The molecule has 1 aliphatic heterocycles. The van der Waals surface area contributed by atoms with Crippen molar-refractivity contribution in [3.63, 3.8) is 0 Å². The molecule has 0 spiro atoms. The van der Waals surface area contributed by atoms with Crippen LogP contribution in [-0.2, 0) is 25.6 Å². The summed E-state index contributed by atoms with van der Waals surface area (Å²) in [6.07, 6.45) is 7.32. The molecule has 1 saturated heterocycles. The van der Waals surface area contributed by atoms with Crippen LogP contribution >= 0.6 is 0 Å². The smallest absolute Gasteiger partial charge is 0.407 e. The summed E-state index contributed by atoms with van der Waals surface area (Å²) in [5, 5.41) is 5.82. The van der Waals surface area contributed by atoms with Gasteiger partial charge in [-0.3, -0.25) is 9.59 Å². The van der Waals surface area contributed by atoms with E-state index in [-0.39, 0.29) is 29.7 Å². The minimum atomic E-state index is -0.886. The number of nitrogen functional groups attached to an aromatic ring is 1. The van der Waals surface area contributed by atoms with Gasteiger partial charge in [0.05, 0.1) is 49.0 Å². The number of aromatic nitrogens is 4. The number of nitrogens with zero attached hydrogens (tertiary/aromatic N) is 3. The van der Waals surface area contributed by atoms with E-state index in [1.54, 1.807) is 18.0 Å². The van der Waals surface area contributed by atoms with Gasteiger partial charge in [0.15, 0.2) is 0 Å². The highest BCUT2D eigenvalue weighted by atomic mass is 16.5. The van der Waals surface area contributed by atoms with Crippen molar-refractivity contribution < 1.29 is 23.9 Å². The van der Waals surface area contributed by atoms with Crippen LogP contribution in [0.1, 0.15) is 68.2 Å². The van der Waals surface area contributed by atoms with Gasteiger partial charge in [0.1, 0.15) is 17.7 Å². The van der Waals surface area contributed by atoms with E-state index in [1.807, 2.05) is 30.5 Å². The Morgan fingerprint density at radius 2 is 1.49 bits per heavy atom. The van der Waals surface area contributed by atoms with Gasteiger partial charge in [0.25, 0.3) is 0 Å². The lowest BCUT2D eigenvalue weighted by molar-refractivity contribution is -0.137. The maximum absolute atomic E-state index is 13.6. The van der Waals surface area contributed by atoms with E-state index >= 15 is 0 Å². The van der Waals surface area contributed by atoms with Gasteiger partial charge in [-0.1, -0.05) is 60.7 Å². The van der Waals surface area contributed by atoms with Crippen LogP contribution in [0, 0.1) is 17.8 Å². The van der Waals surface area contributed by atoms with Gasteiger partial charge >= 0.3 is 6.09 Å². The van der Waals surface area contributed by atoms with E-state index in [1.165, 1.54) is 14.2 Å². The maximum Gasteiger partial charge on any atom is 0.407 e. The molecule has 2 bridgehead atoms. The minimum absolute atomic E-state index is 0.0779. The maximum atomic E-state index is 13.6. The highest BCUT2D eigenvalue weighted by Gasteiger charge is 2.52. The number of H-pyrrole nitrogens is 2. The summed E-state index contributed by atoms with van der Waals surface area (Å²) in [5.74, 6) is 2.28. The number of benzene rings is 3. The SMILES string of the molecule is COC(=O)N[C@H](C(=O)N1CCC[C@H]1c1ncc(-c2ccc(-c3ccc(-c4cnc([C@H]5C6CCC(C6)[C@@H]5C(=O)NCc5cccc(N)c5)[nH]4)cc3)cc2)[nH]1)[C@@H](C)OC. The number of fused-ring (bicyclic) bond motifs is 2. The lowest BCUT2D eigenvalue weighted by Crippen LogP contribution is -2.54. The number of likely N-dealkylation sites (tertiary alicyclic amines) is 1. The second-order valence-electron chi connectivity index (χ2n) is 15.6. The number of rotatable bonds is 12. The van der Waals surface area contributed by atoms with Crippen LogP contribution in [0.4, 0.5) is 10.5 Å². The lowest BCUT2D eigenvalue weighted by Gasteiger charge is -2.30. The van der Waals surface area contributed by atoms with Crippen LogP contribution in [0.3, 0.4) is 0 Å². The lowest BCUT2D eigenvalue weighted by atomic mass is 9.78. The molecular formula is C44H50N8O5. The number of alkyl carbamates (subject to hydrolysis) is 1. The third-order valence-corrected chi connectivity index (χ3v) is 12.3. The molecule has 296 valence electrons. The highest BCUT2D eigenvalue weighted by Crippen LogP contribution is 2.56. The van der Waals surface area contributed by atoms with Crippen LogP contribution < -0.4 is 16.4 Å². The Morgan fingerprint density at radius 3 is 2.14 bits per heavy atom. The van der Waals surface area contributed by atoms with Crippen molar-refractivity contribution in [1.82, 2.24) is 35.5 Å². The average Bonchev–Trinajstić information content (AvgIpc) is 4.10. The number of nitrogens with two attached hydrogens (primary N) is 1. The number of hydrogen-bond donors (Lipinski definition) is 5. The second kappa shape index (κ2) is 16.3. The molecule has 3 aromatic carbocycles. The Kier molecular flexibility index (Phi) is 10.8. The summed E-state index contributed by atoms with van der Waals surface area (Å²) >= 11 is 0. The van der Waals surface area contributed by atoms with Crippen molar-refractivity contribution in [3.05, 3.63) is 102 Å². The molecule has 0 radical (unpaired) electrons. The van der Waals surface area contributed by atoms with Crippen LogP contribution in [0.15, 0.2) is 85.2 Å². The molecule has 2 unspecified atom stereocenters. The zero-order chi connectivity index (χ0) is 39.6. The first-order valence-corrected chi connectivity index (χ1v) is 19.8. The number of carbonyl (C=O) groups is 3. The molecule has 7 atom stereocenters. The van der Waals surface area contributed by atoms with Crippen LogP contribution in [0.25, 0.3) is 33.6 Å². The molecule has 2 saturated carbocycles. The third-order valence-electron chi connectivity index (χ3n) is 12.3. The Balaban J connectivity index is 0.916. The fraction of sp³-hybridized carbons (Fsp3) is 0.386. The molecule has 8 rings (SSSR count). The summed E-state index contributed by atoms with van der Waals surface area (Å²) in [6, 6.07) is 23.3. The molecule has 3 fully saturated rings. The first-order valence-electron chi connectivity index (χ1n) is 19.8. The van der Waals surface area contributed by atoms with Gasteiger partial charge < -0.3 is 40.7 Å². The summed E-state index contributed by atoms with van der Waals surface area (Å²) in [7, 11) is 2.77. The number of aromatic amines is 2. The molecule has 57 heavy (non-hydrogen) atoms. The number of methoxy groups -OCH3 is 2. The molecule has 2 aliphatic carbocycles. The van der Waals surface area contributed by atoms with Crippen molar-refractivity contribution in [2.45, 2.75) is 69.7 Å². The predicted molar refractivity (Wildman–Crippen MR) is 216 cm³/mol. The molecule has 2 aromatic heterocycles. The first-order chi connectivity index (χ1) is 27.7. The number of ether oxygens (including phenoxy) is 2. The molecule has 5 aromatic rings. The highest BCUT2D eigenvalue weighted by molar-refractivity contribution is 5.87. The van der Waals surface area contributed by atoms with E-state index < -0.39 is 18.2 Å². The van der Waals surface area contributed by atoms with Crippen molar-refractivity contribution in [1.29, 1.82) is 0 Å². The molecular weight excluding hydrogens is 721 g/mol. The largest absolute Gasteiger partial charge is 0.453 e. The average molecular weight is 771 g/mol. The Labute approximate surface area is 332 Å². The topological polar surface area (TPSA) is 180 Å². The first kappa shape index (κ1) is 37.9. The van der Waals surface area contributed by atoms with E-state index in [9.17, 15) is 14.4 Å². The monoisotopic (exact) mass is 770 g/mol. The number of imidazole rings is 2. The van der Waals surface area contributed by atoms with Crippen LogP contribution in [0.5, 0.6) is 0 Å². The molecule has 13 heteroatoms. The predicted octanol–water partition coefficient (Wildman–Crippen LogP) is 6.59. The van der Waals surface area contributed by atoms with Gasteiger partial charge in [-0.25, -0.2) is 14.8 Å². The number of anilines is 1. The standard InChI is InChI=1S/C44H50N8O5/c1-25(56-2)39(51-44(55)57-3)43(54)52-19-5-8-36(52)40-46-23-34(49-40)29-13-9-27(10-14-29)28-11-15-30(16-12-28)35-24-47-41(50-35)37-31-17-18-32(21-31)38(37)42(53)48-22-26-6-4-7-33(45)20-26/h4,6-7,9-16,20,23-25,31-32,36-39H,5,8,17-19,21-22,45H2,1-3H3,(H,46,49)(H,47,50)(H,48,53)(H,51,55)/t25-,31?,32?,36+,37+,38+,39+/m1/s1. The van der Waals surface area contributed by atoms with E-state index in [0.29, 0.717) is 36.4 Å². The summed E-state index contributed by atoms with van der Waals surface area (Å²) in [5.41, 5.74) is 13.6. The van der Waals surface area contributed by atoms with Gasteiger partial charge in [0.2, 0.25) is 11.8 Å². The van der Waals surface area contributed by atoms with Crippen molar-refractivity contribution in [2.24, 2.45) is 17.8 Å². The van der Waals surface area contributed by atoms with Crippen molar-refractivity contribution >= 4 is 23.6 Å². The van der Waals surface area contributed by atoms with Gasteiger partial charge in [-0.05, 0) is 90.8 Å². The minimum Gasteiger partial charge on any atom is -0.453 e. The molecule has 3 aliphatic rings. The second-order valence-corrected chi connectivity index (χ2v) is 15.6. The molecule has 3 amide bonds. The van der Waals surface area contributed by atoms with Crippen molar-refractivity contribution in [3.8, 4) is 33.6 Å². The van der Waals surface area contributed by atoms with Crippen molar-refractivity contribution in [2.75, 3.05) is 26.5 Å². The fourth-order valence-electron chi connectivity index (χ4n) is 9.26. The molecule has 3 heterocycles. The van der Waals surface area contributed by atoms with Gasteiger partial charge in [-0.2, -0.15) is 0 Å². The van der Waals surface area contributed by atoms with Crippen LogP contribution in [-0.4, -0.2) is 75.7 Å². The number of amides is 3. The quantitative estimate of drug-likeness (QED) is 0.0882. The summed E-state index contributed by atoms with van der Waals surface area (Å²) < 4.78 is 10.2. The Morgan fingerprint density at radius 1 is 0.860 bits per heavy atom. The number of carbonyl (C=O) groups excluding carboxylic acids is 3. The zero-order valence-electron chi connectivity index (χ0n) is 32.5. The Hall–Kier alpha value is -5.95. The molecule has 13 nitrogen and oxygen atoms in total. The normalized spacial score (nSPS) is 22.3. The van der Waals surface area contributed by atoms with E-state index in [4.69, 9.17) is 20.2 Å². The third kappa shape index (κ3) is 7.76. The van der Waals surface area contributed by atoms with Crippen LogP contribution in [0.2, 0.25) is 0 Å². The van der Waals surface area contributed by atoms with Gasteiger partial charge in [-0.15, -0.1) is 0 Å². The Bertz CT molecular complexity index is 2220. The zero-order valence-corrected chi connectivity index (χ0v) is 32.5.